The number of alkyl halides is 1. The zero-order valence-corrected chi connectivity index (χ0v) is 20.9. The minimum absolute atomic E-state index is 0.00213. The van der Waals surface area contributed by atoms with Crippen LogP contribution in [-0.4, -0.2) is 38.1 Å². The van der Waals surface area contributed by atoms with Gasteiger partial charge in [-0.1, -0.05) is 6.07 Å². The largest absolute Gasteiger partial charge is 0.490 e. The summed E-state index contributed by atoms with van der Waals surface area (Å²) in [6.07, 6.45) is 2.30. The van der Waals surface area contributed by atoms with Crippen LogP contribution in [0.5, 0.6) is 23.0 Å². The van der Waals surface area contributed by atoms with Crippen molar-refractivity contribution in [3.8, 4) is 23.0 Å². The molecule has 6 heteroatoms. The third kappa shape index (κ3) is 5.94. The normalized spacial score (nSPS) is 17.2. The lowest BCUT2D eigenvalue weighted by Crippen LogP contribution is -2.30. The lowest BCUT2D eigenvalue weighted by molar-refractivity contribution is -0.121. The lowest BCUT2D eigenvalue weighted by atomic mass is 9.71. The Morgan fingerprint density at radius 2 is 1.42 bits per heavy atom. The summed E-state index contributed by atoms with van der Waals surface area (Å²) in [5.41, 5.74) is 3.45. The highest BCUT2D eigenvalue weighted by molar-refractivity contribution is 6.28. The molecule has 0 radical (unpaired) electrons. The van der Waals surface area contributed by atoms with Gasteiger partial charge in [-0.05, 0) is 93.8 Å². The number of aryl methyl sites for hydroxylation is 1. The van der Waals surface area contributed by atoms with Crippen molar-refractivity contribution in [3.05, 3.63) is 47.0 Å². The van der Waals surface area contributed by atoms with Crippen LogP contribution in [0, 0.1) is 5.92 Å². The van der Waals surface area contributed by atoms with Crippen LogP contribution in [0.15, 0.2) is 30.3 Å². The number of halogens is 1. The molecule has 0 amide bonds. The Labute approximate surface area is 202 Å². The lowest BCUT2D eigenvalue weighted by Gasteiger charge is -2.33. The molecule has 0 aromatic heterocycles. The summed E-state index contributed by atoms with van der Waals surface area (Å²) in [6, 6.07) is 10.2. The van der Waals surface area contributed by atoms with Crippen LogP contribution in [0.4, 0.5) is 0 Å². The number of fused-ring (bicyclic) bond motifs is 1. The van der Waals surface area contributed by atoms with Gasteiger partial charge >= 0.3 is 0 Å². The first kappa shape index (κ1) is 25.2. The average molecular weight is 475 g/mol. The van der Waals surface area contributed by atoms with Crippen LogP contribution >= 0.6 is 11.6 Å². The molecule has 1 aliphatic carbocycles. The van der Waals surface area contributed by atoms with Crippen molar-refractivity contribution < 1.29 is 23.7 Å². The maximum Gasteiger partial charge on any atom is 0.161 e. The molecule has 1 unspecified atom stereocenters. The highest BCUT2D eigenvalue weighted by Crippen LogP contribution is 2.44. The number of ketones is 1. The summed E-state index contributed by atoms with van der Waals surface area (Å²) in [5.74, 6) is 2.94. The van der Waals surface area contributed by atoms with Gasteiger partial charge in [0.15, 0.2) is 28.8 Å². The second-order valence-electron chi connectivity index (χ2n) is 8.07. The fourth-order valence-corrected chi connectivity index (χ4v) is 4.86. The fraction of sp³-hybridized carbons (Fsp3) is 0.519. The zero-order valence-electron chi connectivity index (χ0n) is 20.1. The van der Waals surface area contributed by atoms with Gasteiger partial charge in [-0.15, -0.1) is 11.6 Å². The van der Waals surface area contributed by atoms with Gasteiger partial charge in [-0.25, -0.2) is 0 Å². The molecule has 0 fully saturated rings. The third-order valence-electron chi connectivity index (χ3n) is 6.02. The first-order valence-electron chi connectivity index (χ1n) is 12.0. The first-order valence-corrected chi connectivity index (χ1v) is 12.5. The molecule has 0 N–H and O–H groups in total. The second kappa shape index (κ2) is 12.2. The molecule has 1 aliphatic rings. The molecular weight excluding hydrogens is 440 g/mol. The molecule has 2 aromatic carbocycles. The number of carbonyl (C=O) groups is 1. The van der Waals surface area contributed by atoms with E-state index in [1.54, 1.807) is 0 Å². The molecule has 0 aliphatic heterocycles. The molecule has 2 aromatic rings. The van der Waals surface area contributed by atoms with E-state index in [9.17, 15) is 4.79 Å². The van der Waals surface area contributed by atoms with Crippen molar-refractivity contribution in [2.75, 3.05) is 32.3 Å². The quantitative estimate of drug-likeness (QED) is 0.354. The molecule has 33 heavy (non-hydrogen) atoms. The van der Waals surface area contributed by atoms with Gasteiger partial charge in [0.1, 0.15) is 0 Å². The van der Waals surface area contributed by atoms with Crippen molar-refractivity contribution >= 4 is 17.4 Å². The van der Waals surface area contributed by atoms with E-state index in [2.05, 4.69) is 18.2 Å². The van der Waals surface area contributed by atoms with E-state index < -0.39 is 0 Å². The van der Waals surface area contributed by atoms with Crippen molar-refractivity contribution in [2.24, 2.45) is 5.92 Å². The highest BCUT2D eigenvalue weighted by atomic mass is 35.5. The van der Waals surface area contributed by atoms with Gasteiger partial charge in [0, 0.05) is 5.92 Å². The van der Waals surface area contributed by atoms with Crippen LogP contribution < -0.4 is 18.9 Å². The molecule has 5 nitrogen and oxygen atoms in total. The van der Waals surface area contributed by atoms with E-state index in [1.165, 1.54) is 5.56 Å². The van der Waals surface area contributed by atoms with Gasteiger partial charge in [0.25, 0.3) is 0 Å². The van der Waals surface area contributed by atoms with E-state index in [0.29, 0.717) is 32.8 Å². The summed E-state index contributed by atoms with van der Waals surface area (Å²) < 4.78 is 23.3. The van der Waals surface area contributed by atoms with Crippen molar-refractivity contribution in [2.45, 2.75) is 52.9 Å². The monoisotopic (exact) mass is 474 g/mol. The van der Waals surface area contributed by atoms with Crippen LogP contribution in [-0.2, 0) is 17.6 Å². The fourth-order valence-electron chi connectivity index (χ4n) is 4.66. The first-order chi connectivity index (χ1) is 16.1. The Hall–Kier alpha value is -2.40. The molecule has 0 spiro atoms. The van der Waals surface area contributed by atoms with Crippen molar-refractivity contribution in [1.29, 1.82) is 0 Å². The van der Waals surface area contributed by atoms with E-state index in [-0.39, 0.29) is 23.5 Å². The van der Waals surface area contributed by atoms with E-state index >= 15 is 0 Å². The predicted molar refractivity (Wildman–Crippen MR) is 132 cm³/mol. The number of Topliss-reactive ketones (excluding diaryl/α,β-unsaturated/α-hetero) is 1. The number of benzene rings is 2. The van der Waals surface area contributed by atoms with E-state index in [1.807, 2.05) is 39.8 Å². The number of hydrogen-bond acceptors (Lipinski definition) is 5. The summed E-state index contributed by atoms with van der Waals surface area (Å²) in [5, 5.41) is 0. The Kier molecular flexibility index (Phi) is 9.30. The average Bonchev–Trinajstić information content (AvgIpc) is 2.81. The van der Waals surface area contributed by atoms with Gasteiger partial charge in [0.2, 0.25) is 0 Å². The third-order valence-corrected chi connectivity index (χ3v) is 6.29. The Morgan fingerprint density at radius 3 is 2.03 bits per heavy atom. The summed E-state index contributed by atoms with van der Waals surface area (Å²) >= 11 is 6.02. The molecule has 0 saturated carbocycles. The molecule has 180 valence electrons. The van der Waals surface area contributed by atoms with Crippen molar-refractivity contribution in [1.82, 2.24) is 0 Å². The molecular formula is C27H35ClO5. The molecule has 0 heterocycles. The van der Waals surface area contributed by atoms with Gasteiger partial charge in [-0.3, -0.25) is 4.79 Å². The van der Waals surface area contributed by atoms with Gasteiger partial charge in [-0.2, -0.15) is 0 Å². The predicted octanol–water partition coefficient (Wildman–Crippen LogP) is 5.98. The summed E-state index contributed by atoms with van der Waals surface area (Å²) in [6.45, 7) is 10.1. The van der Waals surface area contributed by atoms with Crippen LogP contribution in [0.3, 0.4) is 0 Å². The Bertz CT molecular complexity index is 942. The number of rotatable bonds is 12. The second-order valence-corrected chi connectivity index (χ2v) is 8.33. The molecule has 2 atom stereocenters. The maximum absolute atomic E-state index is 12.8. The van der Waals surface area contributed by atoms with E-state index in [4.69, 9.17) is 30.5 Å². The van der Waals surface area contributed by atoms with Gasteiger partial charge in [0.05, 0.1) is 32.3 Å². The highest BCUT2D eigenvalue weighted by Gasteiger charge is 2.35. The molecule has 3 rings (SSSR count). The minimum atomic E-state index is -0.135. The maximum atomic E-state index is 12.8. The van der Waals surface area contributed by atoms with Gasteiger partial charge < -0.3 is 18.9 Å². The number of carbonyl (C=O) groups excluding carboxylic acids is 1. The summed E-state index contributed by atoms with van der Waals surface area (Å²) in [4.78, 5) is 12.8. The Morgan fingerprint density at radius 1 is 0.848 bits per heavy atom. The zero-order chi connectivity index (χ0) is 23.8. The van der Waals surface area contributed by atoms with Crippen LogP contribution in [0.1, 0.15) is 56.7 Å². The minimum Gasteiger partial charge on any atom is -0.490 e. The summed E-state index contributed by atoms with van der Waals surface area (Å²) in [7, 11) is 0. The molecule has 0 bridgehead atoms. The SMILES string of the molecule is CCOc1ccc(C[C@@H]2c3cc(OCC)c(OCC)cc3CCC2C(=O)CCl)cc1OCC. The topological polar surface area (TPSA) is 54.0 Å². The standard InChI is InChI=1S/C27H35ClO5/c1-5-30-24-12-9-18(14-25(24)31-6-2)13-22-20(23(29)17-28)11-10-19-15-26(32-7-3)27(33-8-4)16-21(19)22/h9,12,14-16,20,22H,5-8,10-11,13,17H2,1-4H3/t20?,22-/m0/s1. The number of hydrogen-bond donors (Lipinski definition) is 0. The van der Waals surface area contributed by atoms with Crippen molar-refractivity contribution in [3.63, 3.8) is 0 Å². The van der Waals surface area contributed by atoms with Crippen LogP contribution in [0.2, 0.25) is 0 Å². The molecule has 0 saturated heterocycles. The smallest absolute Gasteiger partial charge is 0.161 e. The Balaban J connectivity index is 2.03. The number of ether oxygens (including phenoxy) is 4. The van der Waals surface area contributed by atoms with E-state index in [0.717, 1.165) is 47.0 Å². The van der Waals surface area contributed by atoms with Crippen LogP contribution in [0.25, 0.3) is 0 Å².